The van der Waals surface area contributed by atoms with Crippen molar-refractivity contribution < 1.29 is 4.79 Å². The van der Waals surface area contributed by atoms with Gasteiger partial charge in [0.15, 0.2) is 0 Å². The molecule has 1 aromatic heterocycles. The molecule has 3 nitrogen and oxygen atoms in total. The molecule has 1 aliphatic rings. The molecule has 0 unspecified atom stereocenters. The molecule has 1 amide bonds. The van der Waals surface area contributed by atoms with Crippen molar-refractivity contribution in [2.75, 3.05) is 7.05 Å². The van der Waals surface area contributed by atoms with Gasteiger partial charge in [-0.05, 0) is 34.8 Å². The van der Waals surface area contributed by atoms with E-state index in [1.165, 1.54) is 5.01 Å². The van der Waals surface area contributed by atoms with E-state index in [1.54, 1.807) is 18.4 Å². The monoisotopic (exact) mass is 274 g/mol. The minimum absolute atomic E-state index is 0.0202. The molecule has 0 saturated heterocycles. The highest BCUT2D eigenvalue weighted by atomic mass is 79.9. The van der Waals surface area contributed by atoms with Crippen molar-refractivity contribution >= 4 is 33.2 Å². The van der Waals surface area contributed by atoms with Gasteiger partial charge in [-0.15, -0.1) is 11.3 Å². The van der Waals surface area contributed by atoms with Crippen molar-refractivity contribution in [3.8, 4) is 0 Å². The average molecular weight is 275 g/mol. The number of hydrogen-bond acceptors (Lipinski definition) is 3. The van der Waals surface area contributed by atoms with Crippen LogP contribution in [0, 0.1) is 0 Å². The number of amides is 1. The minimum Gasteiger partial charge on any atom is -0.283 e. The molecular weight excluding hydrogens is 264 g/mol. The third-order valence-electron chi connectivity index (χ3n) is 2.52. The molecule has 5 heteroatoms. The van der Waals surface area contributed by atoms with Crippen molar-refractivity contribution in [1.82, 2.24) is 5.01 Å². The Morgan fingerprint density at radius 1 is 1.71 bits per heavy atom. The summed E-state index contributed by atoms with van der Waals surface area (Å²) < 4.78 is 1.04. The van der Waals surface area contributed by atoms with Crippen LogP contribution in [0.3, 0.4) is 0 Å². The summed E-state index contributed by atoms with van der Waals surface area (Å²) in [7, 11) is 1.60. The zero-order valence-corrected chi connectivity index (χ0v) is 10.2. The molecule has 14 heavy (non-hydrogen) atoms. The molecule has 1 heterocycles. The quantitative estimate of drug-likeness (QED) is 0.509. The standard InChI is InChI=1S/C9H11BrN2OS/c1-12(11)8(13)9(2-3-9)7-4-6(10)5-14-7/h4-5H,2-3,11H2,1H3. The number of thiophene rings is 1. The third-order valence-corrected chi connectivity index (χ3v) is 4.41. The van der Waals surface area contributed by atoms with Gasteiger partial charge in [-0.3, -0.25) is 9.80 Å². The lowest BCUT2D eigenvalue weighted by Gasteiger charge is -2.17. The summed E-state index contributed by atoms with van der Waals surface area (Å²) in [5, 5.41) is 3.19. The first-order chi connectivity index (χ1) is 6.56. The number of likely N-dealkylation sites (N-methyl/N-ethyl adjacent to an activating group) is 1. The van der Waals surface area contributed by atoms with Crippen molar-refractivity contribution in [3.63, 3.8) is 0 Å². The lowest BCUT2D eigenvalue weighted by Crippen LogP contribution is -2.40. The maximum atomic E-state index is 11.8. The SMILES string of the molecule is CN(N)C(=O)C1(c2cc(Br)cs2)CC1. The van der Waals surface area contributed by atoms with Gasteiger partial charge in [0.2, 0.25) is 5.91 Å². The van der Waals surface area contributed by atoms with Crippen molar-refractivity contribution in [1.29, 1.82) is 0 Å². The topological polar surface area (TPSA) is 46.3 Å². The maximum absolute atomic E-state index is 11.8. The number of hydrogen-bond donors (Lipinski definition) is 1. The smallest absolute Gasteiger partial charge is 0.247 e. The van der Waals surface area contributed by atoms with Gasteiger partial charge in [-0.1, -0.05) is 0 Å². The zero-order chi connectivity index (χ0) is 10.3. The Kier molecular flexibility index (Phi) is 2.41. The second-order valence-electron chi connectivity index (χ2n) is 3.63. The second-order valence-corrected chi connectivity index (χ2v) is 5.45. The third kappa shape index (κ3) is 1.49. The Labute approximate surface area is 95.0 Å². The maximum Gasteiger partial charge on any atom is 0.247 e. The summed E-state index contributed by atoms with van der Waals surface area (Å²) in [6.45, 7) is 0. The molecular formula is C9H11BrN2OS. The number of rotatable bonds is 2. The van der Waals surface area contributed by atoms with Crippen LogP contribution < -0.4 is 5.84 Å². The van der Waals surface area contributed by atoms with E-state index in [1.807, 2.05) is 11.4 Å². The average Bonchev–Trinajstić information content (AvgIpc) is 2.83. The van der Waals surface area contributed by atoms with Gasteiger partial charge in [0.25, 0.3) is 0 Å². The predicted octanol–water partition coefficient (Wildman–Crippen LogP) is 1.87. The molecule has 0 radical (unpaired) electrons. The van der Waals surface area contributed by atoms with Crippen LogP contribution in [0.2, 0.25) is 0 Å². The van der Waals surface area contributed by atoms with Crippen LogP contribution in [0.4, 0.5) is 0 Å². The molecule has 0 atom stereocenters. The van der Waals surface area contributed by atoms with Gasteiger partial charge in [-0.2, -0.15) is 0 Å². The number of carbonyl (C=O) groups is 1. The highest BCUT2D eigenvalue weighted by molar-refractivity contribution is 9.10. The number of nitrogens with two attached hydrogens (primary N) is 1. The van der Waals surface area contributed by atoms with Crippen LogP contribution in [0.1, 0.15) is 17.7 Å². The van der Waals surface area contributed by atoms with Crippen LogP contribution in [-0.2, 0) is 10.2 Å². The molecule has 2 N–H and O–H groups in total. The van der Waals surface area contributed by atoms with Gasteiger partial charge in [0, 0.05) is 21.8 Å². The van der Waals surface area contributed by atoms with Crippen LogP contribution in [-0.4, -0.2) is 18.0 Å². The van der Waals surface area contributed by atoms with Gasteiger partial charge >= 0.3 is 0 Å². The summed E-state index contributed by atoms with van der Waals surface area (Å²) in [6.07, 6.45) is 1.83. The fourth-order valence-corrected chi connectivity index (χ4v) is 3.27. The number of halogens is 1. The van der Waals surface area contributed by atoms with Crippen molar-refractivity contribution in [3.05, 3.63) is 20.8 Å². The summed E-state index contributed by atoms with van der Waals surface area (Å²) >= 11 is 5.01. The highest BCUT2D eigenvalue weighted by Crippen LogP contribution is 2.51. The first-order valence-corrected chi connectivity index (χ1v) is 6.01. The largest absolute Gasteiger partial charge is 0.283 e. The molecule has 2 rings (SSSR count). The summed E-state index contributed by atoms with van der Waals surface area (Å²) in [5.41, 5.74) is -0.305. The minimum atomic E-state index is -0.305. The summed E-state index contributed by atoms with van der Waals surface area (Å²) in [4.78, 5) is 12.9. The Balaban J connectivity index is 2.29. The first kappa shape index (κ1) is 10.1. The molecule has 1 aromatic rings. The summed E-state index contributed by atoms with van der Waals surface area (Å²) in [5.74, 6) is 5.50. The molecule has 1 fully saturated rings. The van der Waals surface area contributed by atoms with Gasteiger partial charge < -0.3 is 0 Å². The lowest BCUT2D eigenvalue weighted by atomic mass is 10.0. The van der Waals surface area contributed by atoms with Crippen LogP contribution >= 0.6 is 27.3 Å². The lowest BCUT2D eigenvalue weighted by molar-refractivity contribution is -0.132. The molecule has 0 spiro atoms. The van der Waals surface area contributed by atoms with E-state index in [0.717, 1.165) is 22.2 Å². The molecule has 1 saturated carbocycles. The Hall–Kier alpha value is -0.390. The number of hydrazine groups is 1. The molecule has 0 aromatic carbocycles. The van der Waals surface area contributed by atoms with Crippen molar-refractivity contribution in [2.45, 2.75) is 18.3 Å². The second kappa shape index (κ2) is 3.32. The van der Waals surface area contributed by atoms with Gasteiger partial charge in [-0.25, -0.2) is 5.84 Å². The Morgan fingerprint density at radius 3 is 2.71 bits per heavy atom. The number of carbonyl (C=O) groups excluding carboxylic acids is 1. The van der Waals surface area contributed by atoms with E-state index < -0.39 is 0 Å². The molecule has 1 aliphatic carbocycles. The predicted molar refractivity (Wildman–Crippen MR) is 59.9 cm³/mol. The van der Waals surface area contributed by atoms with E-state index in [2.05, 4.69) is 15.9 Å². The van der Waals surface area contributed by atoms with E-state index in [-0.39, 0.29) is 11.3 Å². The molecule has 0 aliphatic heterocycles. The van der Waals surface area contributed by atoms with Crippen LogP contribution in [0.25, 0.3) is 0 Å². The van der Waals surface area contributed by atoms with Crippen LogP contribution in [0.5, 0.6) is 0 Å². The number of nitrogens with zero attached hydrogens (tertiary/aromatic N) is 1. The Morgan fingerprint density at radius 2 is 2.36 bits per heavy atom. The molecule has 0 bridgehead atoms. The van der Waals surface area contributed by atoms with E-state index in [4.69, 9.17) is 5.84 Å². The Bertz CT molecular complexity index is 371. The fraction of sp³-hybridized carbons (Fsp3) is 0.444. The van der Waals surface area contributed by atoms with Gasteiger partial charge in [0.1, 0.15) is 0 Å². The van der Waals surface area contributed by atoms with Crippen molar-refractivity contribution in [2.24, 2.45) is 5.84 Å². The van der Waals surface area contributed by atoms with E-state index in [0.29, 0.717) is 0 Å². The molecule has 76 valence electrons. The van der Waals surface area contributed by atoms with E-state index >= 15 is 0 Å². The fourth-order valence-electron chi connectivity index (χ4n) is 1.59. The normalized spacial score (nSPS) is 17.9. The summed E-state index contributed by atoms with van der Waals surface area (Å²) in [6, 6.07) is 2.01. The zero-order valence-electron chi connectivity index (χ0n) is 7.79. The van der Waals surface area contributed by atoms with Gasteiger partial charge in [0.05, 0.1) is 5.41 Å². The van der Waals surface area contributed by atoms with Crippen LogP contribution in [0.15, 0.2) is 15.9 Å². The first-order valence-electron chi connectivity index (χ1n) is 4.34. The van der Waals surface area contributed by atoms with E-state index in [9.17, 15) is 4.79 Å². The highest BCUT2D eigenvalue weighted by Gasteiger charge is 2.53.